The molecule has 0 spiro atoms. The van der Waals surface area contributed by atoms with Crippen LogP contribution in [0.5, 0.6) is 0 Å². The smallest absolute Gasteiger partial charge is 0.287 e. The van der Waals surface area contributed by atoms with Gasteiger partial charge in [-0.1, -0.05) is 24.3 Å². The summed E-state index contributed by atoms with van der Waals surface area (Å²) >= 11 is 1.67. The third-order valence-electron chi connectivity index (χ3n) is 4.05. The van der Waals surface area contributed by atoms with E-state index in [0.717, 1.165) is 23.4 Å². The van der Waals surface area contributed by atoms with Crippen molar-refractivity contribution in [3.63, 3.8) is 0 Å². The van der Waals surface area contributed by atoms with Gasteiger partial charge in [0.05, 0.1) is 20.6 Å². The van der Waals surface area contributed by atoms with Crippen molar-refractivity contribution >= 4 is 38.4 Å². The zero-order chi connectivity index (χ0) is 17.9. The standard InChI is InChI=1S/C20H16N2O3S/c23-15-12-17(25-16-8-3-1-6-13(15)16)20(24)21-11-5-10-19-22-14-7-2-4-9-18(14)26-19/h1-4,6-9,12H,5,10-11H2,(H,21,24). The molecule has 0 aliphatic rings. The molecule has 0 fully saturated rings. The topological polar surface area (TPSA) is 72.2 Å². The fraction of sp³-hybridized carbons (Fsp3) is 0.150. The molecule has 0 aliphatic carbocycles. The maximum atomic E-state index is 12.2. The average Bonchev–Trinajstić information content (AvgIpc) is 3.08. The molecule has 26 heavy (non-hydrogen) atoms. The van der Waals surface area contributed by atoms with E-state index in [1.807, 2.05) is 18.2 Å². The molecule has 0 bridgehead atoms. The van der Waals surface area contributed by atoms with Crippen LogP contribution in [0, 0.1) is 0 Å². The van der Waals surface area contributed by atoms with Crippen molar-refractivity contribution in [2.75, 3.05) is 6.54 Å². The van der Waals surface area contributed by atoms with E-state index in [9.17, 15) is 9.59 Å². The Kier molecular flexibility index (Phi) is 4.50. The van der Waals surface area contributed by atoms with Gasteiger partial charge in [-0.25, -0.2) is 4.98 Å². The van der Waals surface area contributed by atoms with E-state index in [1.54, 1.807) is 35.6 Å². The van der Waals surface area contributed by atoms with Crippen molar-refractivity contribution in [2.24, 2.45) is 0 Å². The number of carbonyl (C=O) groups is 1. The first-order valence-electron chi connectivity index (χ1n) is 8.36. The van der Waals surface area contributed by atoms with Crippen LogP contribution in [0.1, 0.15) is 22.0 Å². The second-order valence-corrected chi connectivity index (χ2v) is 7.02. The Morgan fingerprint density at radius 2 is 1.92 bits per heavy atom. The maximum Gasteiger partial charge on any atom is 0.287 e. The minimum Gasteiger partial charge on any atom is -0.451 e. The van der Waals surface area contributed by atoms with Gasteiger partial charge in [-0.3, -0.25) is 9.59 Å². The van der Waals surface area contributed by atoms with E-state index in [4.69, 9.17) is 4.42 Å². The Morgan fingerprint density at radius 3 is 2.81 bits per heavy atom. The highest BCUT2D eigenvalue weighted by Gasteiger charge is 2.11. The number of fused-ring (bicyclic) bond motifs is 2. The van der Waals surface area contributed by atoms with Gasteiger partial charge in [-0.05, 0) is 30.7 Å². The van der Waals surface area contributed by atoms with Crippen LogP contribution in [0.3, 0.4) is 0 Å². The number of benzene rings is 2. The quantitative estimate of drug-likeness (QED) is 0.547. The molecule has 0 aliphatic heterocycles. The van der Waals surface area contributed by atoms with Crippen molar-refractivity contribution in [3.05, 3.63) is 75.6 Å². The van der Waals surface area contributed by atoms with Gasteiger partial charge in [-0.15, -0.1) is 11.3 Å². The molecular weight excluding hydrogens is 348 g/mol. The lowest BCUT2D eigenvalue weighted by Crippen LogP contribution is -2.25. The van der Waals surface area contributed by atoms with Gasteiger partial charge < -0.3 is 9.73 Å². The number of rotatable bonds is 5. The molecule has 2 aromatic heterocycles. The predicted octanol–water partition coefficient (Wildman–Crippen LogP) is 3.77. The number of amides is 1. The first kappa shape index (κ1) is 16.5. The van der Waals surface area contributed by atoms with E-state index in [1.165, 1.54) is 10.8 Å². The van der Waals surface area contributed by atoms with Gasteiger partial charge in [0.25, 0.3) is 5.91 Å². The summed E-state index contributed by atoms with van der Waals surface area (Å²) in [4.78, 5) is 28.9. The van der Waals surface area contributed by atoms with Crippen LogP contribution in [-0.4, -0.2) is 17.4 Å². The first-order chi connectivity index (χ1) is 12.7. The minimum atomic E-state index is -0.378. The maximum absolute atomic E-state index is 12.2. The van der Waals surface area contributed by atoms with E-state index >= 15 is 0 Å². The van der Waals surface area contributed by atoms with Crippen molar-refractivity contribution in [1.29, 1.82) is 0 Å². The number of hydrogen-bond donors (Lipinski definition) is 1. The van der Waals surface area contributed by atoms with Crippen molar-refractivity contribution in [3.8, 4) is 0 Å². The Labute approximate surface area is 153 Å². The van der Waals surface area contributed by atoms with Crippen LogP contribution in [0.25, 0.3) is 21.2 Å². The van der Waals surface area contributed by atoms with E-state index in [0.29, 0.717) is 17.5 Å². The number of aryl methyl sites for hydroxylation is 1. The Morgan fingerprint density at radius 1 is 1.12 bits per heavy atom. The van der Waals surface area contributed by atoms with Gasteiger partial charge in [0.15, 0.2) is 11.2 Å². The molecule has 0 saturated carbocycles. The fourth-order valence-electron chi connectivity index (χ4n) is 2.77. The minimum absolute atomic E-state index is 0.0358. The number of carbonyl (C=O) groups excluding carboxylic acids is 1. The van der Waals surface area contributed by atoms with Gasteiger partial charge in [-0.2, -0.15) is 0 Å². The predicted molar refractivity (Wildman–Crippen MR) is 103 cm³/mol. The van der Waals surface area contributed by atoms with E-state index in [2.05, 4.69) is 16.4 Å². The number of nitrogens with zero attached hydrogens (tertiary/aromatic N) is 1. The summed E-state index contributed by atoms with van der Waals surface area (Å²) in [7, 11) is 0. The van der Waals surface area contributed by atoms with Crippen LogP contribution >= 0.6 is 11.3 Å². The summed E-state index contributed by atoms with van der Waals surface area (Å²) < 4.78 is 6.71. The summed E-state index contributed by atoms with van der Waals surface area (Å²) in [6, 6.07) is 16.2. The molecule has 4 aromatic rings. The van der Waals surface area contributed by atoms with Gasteiger partial charge in [0.1, 0.15) is 5.58 Å². The molecule has 6 heteroatoms. The molecule has 1 amide bonds. The molecule has 0 saturated heterocycles. The number of hydrogen-bond acceptors (Lipinski definition) is 5. The molecule has 0 unspecified atom stereocenters. The molecule has 130 valence electrons. The van der Waals surface area contributed by atoms with Crippen LogP contribution in [-0.2, 0) is 6.42 Å². The second-order valence-electron chi connectivity index (χ2n) is 5.91. The molecule has 1 N–H and O–H groups in total. The molecule has 0 radical (unpaired) electrons. The summed E-state index contributed by atoms with van der Waals surface area (Å²) in [5.74, 6) is -0.342. The molecular formula is C20H16N2O3S. The zero-order valence-corrected chi connectivity index (χ0v) is 14.7. The highest BCUT2D eigenvalue weighted by atomic mass is 32.1. The van der Waals surface area contributed by atoms with Gasteiger partial charge in [0, 0.05) is 19.0 Å². The van der Waals surface area contributed by atoms with Crippen molar-refractivity contribution in [2.45, 2.75) is 12.8 Å². The Hall–Kier alpha value is -2.99. The SMILES string of the molecule is O=C(NCCCc1nc2ccccc2s1)c1cc(=O)c2ccccc2o1. The van der Waals surface area contributed by atoms with E-state index < -0.39 is 0 Å². The number of aromatic nitrogens is 1. The molecule has 2 heterocycles. The average molecular weight is 364 g/mol. The van der Waals surface area contributed by atoms with Crippen LogP contribution in [0.2, 0.25) is 0 Å². The third kappa shape index (κ3) is 3.36. The first-order valence-corrected chi connectivity index (χ1v) is 9.18. The lowest BCUT2D eigenvalue weighted by Gasteiger charge is -2.04. The third-order valence-corrected chi connectivity index (χ3v) is 5.15. The van der Waals surface area contributed by atoms with Crippen molar-refractivity contribution < 1.29 is 9.21 Å². The molecule has 0 atom stereocenters. The highest BCUT2D eigenvalue weighted by molar-refractivity contribution is 7.18. The second kappa shape index (κ2) is 7.09. The zero-order valence-electron chi connectivity index (χ0n) is 13.9. The highest BCUT2D eigenvalue weighted by Crippen LogP contribution is 2.22. The number of para-hydroxylation sites is 2. The van der Waals surface area contributed by atoms with Crippen LogP contribution in [0.15, 0.2) is 63.8 Å². The monoisotopic (exact) mass is 364 g/mol. The van der Waals surface area contributed by atoms with Crippen molar-refractivity contribution in [1.82, 2.24) is 10.3 Å². The van der Waals surface area contributed by atoms with E-state index in [-0.39, 0.29) is 17.1 Å². The lowest BCUT2D eigenvalue weighted by molar-refractivity contribution is 0.0926. The normalized spacial score (nSPS) is 11.1. The Balaban J connectivity index is 1.37. The summed E-state index contributed by atoms with van der Waals surface area (Å²) in [6.45, 7) is 0.491. The van der Waals surface area contributed by atoms with Gasteiger partial charge >= 0.3 is 0 Å². The van der Waals surface area contributed by atoms with Crippen LogP contribution < -0.4 is 10.7 Å². The van der Waals surface area contributed by atoms with Crippen LogP contribution in [0.4, 0.5) is 0 Å². The largest absolute Gasteiger partial charge is 0.451 e. The summed E-state index contributed by atoms with van der Waals surface area (Å²) in [5, 5.41) is 4.33. The molecule has 4 rings (SSSR count). The Bertz CT molecular complexity index is 1110. The summed E-state index contributed by atoms with van der Waals surface area (Å²) in [5.41, 5.74) is 1.21. The molecule has 5 nitrogen and oxygen atoms in total. The van der Waals surface area contributed by atoms with Gasteiger partial charge in [0.2, 0.25) is 0 Å². The molecule has 2 aromatic carbocycles. The fourth-order valence-corrected chi connectivity index (χ4v) is 3.78. The number of nitrogens with one attached hydrogen (secondary N) is 1. The summed E-state index contributed by atoms with van der Waals surface area (Å²) in [6.07, 6.45) is 1.56. The number of thiazole rings is 1. The lowest BCUT2D eigenvalue weighted by atomic mass is 10.2.